The number of rotatable bonds is 5. The smallest absolute Gasteiger partial charge is 0.435 e. The van der Waals surface area contributed by atoms with Crippen LogP contribution in [0.3, 0.4) is 0 Å². The van der Waals surface area contributed by atoms with Crippen molar-refractivity contribution in [2.75, 3.05) is 6.61 Å². The second-order valence-electron chi connectivity index (χ2n) is 5.32. The zero-order valence-corrected chi connectivity index (χ0v) is 14.3. The third-order valence-corrected chi connectivity index (χ3v) is 4.09. The SMILES string of the molecule is FC(F)(F)c1[c]n2cccc(OCCCc3ccc(Cl)cc3Cl)c2n1. The molecule has 1 aromatic carbocycles. The van der Waals surface area contributed by atoms with Gasteiger partial charge >= 0.3 is 6.18 Å². The van der Waals surface area contributed by atoms with Gasteiger partial charge in [0.15, 0.2) is 17.1 Å². The van der Waals surface area contributed by atoms with Crippen LogP contribution in [0.4, 0.5) is 13.2 Å². The molecule has 1 radical (unpaired) electrons. The Morgan fingerprint density at radius 3 is 2.72 bits per heavy atom. The molecule has 0 bridgehead atoms. The van der Waals surface area contributed by atoms with E-state index in [1.54, 1.807) is 24.3 Å². The number of halogens is 5. The topological polar surface area (TPSA) is 26.5 Å². The van der Waals surface area contributed by atoms with Gasteiger partial charge in [-0.2, -0.15) is 13.2 Å². The lowest BCUT2D eigenvalue weighted by molar-refractivity contribution is -0.141. The van der Waals surface area contributed by atoms with Crippen LogP contribution in [0.1, 0.15) is 17.7 Å². The Kier molecular flexibility index (Phi) is 5.11. The van der Waals surface area contributed by atoms with Gasteiger partial charge in [-0.1, -0.05) is 29.3 Å². The highest BCUT2D eigenvalue weighted by Gasteiger charge is 2.34. The molecular weight excluding hydrogens is 376 g/mol. The number of aryl methyl sites for hydroxylation is 1. The van der Waals surface area contributed by atoms with Gasteiger partial charge in [0.25, 0.3) is 0 Å². The zero-order chi connectivity index (χ0) is 18.0. The number of benzene rings is 1. The van der Waals surface area contributed by atoms with Crippen molar-refractivity contribution in [3.05, 3.63) is 64.0 Å². The maximum Gasteiger partial charge on any atom is 0.435 e. The minimum Gasteiger partial charge on any atom is -0.490 e. The van der Waals surface area contributed by atoms with Crippen LogP contribution in [-0.4, -0.2) is 16.0 Å². The fraction of sp³-hybridized carbons (Fsp3) is 0.235. The van der Waals surface area contributed by atoms with Crippen LogP contribution in [0.2, 0.25) is 10.0 Å². The Labute approximate surface area is 152 Å². The maximum absolute atomic E-state index is 12.7. The monoisotopic (exact) mass is 387 g/mol. The van der Waals surface area contributed by atoms with Crippen LogP contribution in [0, 0.1) is 6.20 Å². The van der Waals surface area contributed by atoms with Gasteiger partial charge < -0.3 is 4.74 Å². The van der Waals surface area contributed by atoms with Crippen LogP contribution in [0.5, 0.6) is 5.75 Å². The van der Waals surface area contributed by atoms with Gasteiger partial charge in [-0.25, -0.2) is 4.98 Å². The molecule has 131 valence electrons. The van der Waals surface area contributed by atoms with Gasteiger partial charge in [-0.3, -0.25) is 4.40 Å². The lowest BCUT2D eigenvalue weighted by Gasteiger charge is -2.08. The molecule has 2 aromatic heterocycles. The molecule has 0 aliphatic heterocycles. The zero-order valence-electron chi connectivity index (χ0n) is 12.8. The standard InChI is InChI=1S/C17H12Cl2F3N2O/c18-12-6-5-11(13(19)9-12)3-2-8-25-14-4-1-7-24-10-15(17(20,21)22)23-16(14)24/h1,4-7,9H,2-3,8H2. The van der Waals surface area contributed by atoms with E-state index < -0.39 is 11.9 Å². The summed E-state index contributed by atoms with van der Waals surface area (Å²) >= 11 is 11.9. The van der Waals surface area contributed by atoms with Crippen LogP contribution < -0.4 is 4.74 Å². The molecule has 0 fully saturated rings. The largest absolute Gasteiger partial charge is 0.490 e. The molecule has 25 heavy (non-hydrogen) atoms. The van der Waals surface area contributed by atoms with Gasteiger partial charge in [0.05, 0.1) is 6.61 Å². The minimum atomic E-state index is -4.55. The highest BCUT2D eigenvalue weighted by Crippen LogP contribution is 2.30. The molecule has 0 aliphatic carbocycles. The summed E-state index contributed by atoms with van der Waals surface area (Å²) in [4.78, 5) is 3.57. The number of ether oxygens (including phenoxy) is 1. The highest BCUT2D eigenvalue weighted by atomic mass is 35.5. The lowest BCUT2D eigenvalue weighted by atomic mass is 10.1. The van der Waals surface area contributed by atoms with E-state index in [4.69, 9.17) is 27.9 Å². The third-order valence-electron chi connectivity index (χ3n) is 3.51. The molecule has 0 unspecified atom stereocenters. The van der Waals surface area contributed by atoms with E-state index in [1.807, 2.05) is 6.07 Å². The van der Waals surface area contributed by atoms with E-state index in [-0.39, 0.29) is 11.4 Å². The average molecular weight is 388 g/mol. The first-order valence-electron chi connectivity index (χ1n) is 7.39. The Morgan fingerprint density at radius 2 is 2.00 bits per heavy atom. The average Bonchev–Trinajstić information content (AvgIpc) is 2.98. The predicted octanol–water partition coefficient (Wildman–Crippen LogP) is 5.47. The second-order valence-corrected chi connectivity index (χ2v) is 6.17. The van der Waals surface area contributed by atoms with Crippen molar-refractivity contribution in [2.24, 2.45) is 0 Å². The Balaban J connectivity index is 1.66. The molecule has 3 aromatic rings. The van der Waals surface area contributed by atoms with Crippen molar-refractivity contribution in [3.8, 4) is 5.75 Å². The first-order valence-corrected chi connectivity index (χ1v) is 8.14. The fourth-order valence-electron chi connectivity index (χ4n) is 2.33. The second kappa shape index (κ2) is 7.14. The number of alkyl halides is 3. The normalized spacial score (nSPS) is 11.9. The van der Waals surface area contributed by atoms with E-state index in [0.29, 0.717) is 29.5 Å². The molecule has 0 N–H and O–H groups in total. The molecule has 0 atom stereocenters. The van der Waals surface area contributed by atoms with Crippen LogP contribution >= 0.6 is 23.2 Å². The van der Waals surface area contributed by atoms with Crippen molar-refractivity contribution in [3.63, 3.8) is 0 Å². The number of hydrogen-bond acceptors (Lipinski definition) is 2. The molecule has 0 amide bonds. The van der Waals surface area contributed by atoms with Gasteiger partial charge in [0, 0.05) is 16.2 Å². The number of aromatic nitrogens is 2. The van der Waals surface area contributed by atoms with E-state index in [2.05, 4.69) is 11.2 Å². The summed E-state index contributed by atoms with van der Waals surface area (Å²) in [6, 6.07) is 8.41. The quantitative estimate of drug-likeness (QED) is 0.542. The summed E-state index contributed by atoms with van der Waals surface area (Å²) in [6.07, 6.45) is 0.369. The summed E-state index contributed by atoms with van der Waals surface area (Å²) in [5, 5.41) is 1.14. The van der Waals surface area contributed by atoms with Gasteiger partial charge in [-0.15, -0.1) is 0 Å². The minimum absolute atomic E-state index is 0.0827. The van der Waals surface area contributed by atoms with E-state index in [1.165, 1.54) is 10.6 Å². The fourth-order valence-corrected chi connectivity index (χ4v) is 2.84. The van der Waals surface area contributed by atoms with Gasteiger partial charge in [0.1, 0.15) is 6.20 Å². The van der Waals surface area contributed by atoms with E-state index in [0.717, 1.165) is 5.56 Å². The summed E-state index contributed by atoms with van der Waals surface area (Å²) in [7, 11) is 0. The van der Waals surface area contributed by atoms with Crippen molar-refractivity contribution < 1.29 is 17.9 Å². The molecule has 0 saturated carbocycles. The number of imidazole rings is 1. The lowest BCUT2D eigenvalue weighted by Crippen LogP contribution is -2.05. The Bertz CT molecular complexity index is 893. The van der Waals surface area contributed by atoms with Crippen LogP contribution in [0.25, 0.3) is 5.65 Å². The summed E-state index contributed by atoms with van der Waals surface area (Å²) in [5.41, 5.74) is -0.0581. The molecule has 8 heteroatoms. The molecule has 0 aliphatic rings. The maximum atomic E-state index is 12.7. The van der Waals surface area contributed by atoms with E-state index in [9.17, 15) is 13.2 Å². The molecule has 3 rings (SSSR count). The van der Waals surface area contributed by atoms with Crippen molar-refractivity contribution >= 4 is 28.8 Å². The Hall–Kier alpha value is -1.92. The molecule has 0 saturated heterocycles. The first-order chi connectivity index (χ1) is 11.8. The van der Waals surface area contributed by atoms with Gasteiger partial charge in [-0.05, 0) is 42.7 Å². The number of fused-ring (bicyclic) bond motifs is 1. The summed E-state index contributed by atoms with van der Waals surface area (Å²) in [6.45, 7) is 0.312. The third kappa shape index (κ3) is 4.19. The highest BCUT2D eigenvalue weighted by molar-refractivity contribution is 6.35. The van der Waals surface area contributed by atoms with Crippen LogP contribution in [0.15, 0.2) is 36.5 Å². The number of pyridine rings is 1. The predicted molar refractivity (Wildman–Crippen MR) is 89.3 cm³/mol. The van der Waals surface area contributed by atoms with Crippen LogP contribution in [-0.2, 0) is 12.6 Å². The van der Waals surface area contributed by atoms with Gasteiger partial charge in [0.2, 0.25) is 0 Å². The first kappa shape index (κ1) is 17.9. The molecule has 3 nitrogen and oxygen atoms in total. The number of hydrogen-bond donors (Lipinski definition) is 0. The summed E-state index contributed by atoms with van der Waals surface area (Å²) < 4.78 is 45.0. The van der Waals surface area contributed by atoms with E-state index >= 15 is 0 Å². The summed E-state index contributed by atoms with van der Waals surface area (Å²) in [5.74, 6) is 0.274. The van der Waals surface area contributed by atoms with Crippen molar-refractivity contribution in [1.82, 2.24) is 9.38 Å². The van der Waals surface area contributed by atoms with Crippen molar-refractivity contribution in [2.45, 2.75) is 19.0 Å². The molecule has 2 heterocycles. The van der Waals surface area contributed by atoms with Crippen molar-refractivity contribution in [1.29, 1.82) is 0 Å². The number of nitrogens with zero attached hydrogens (tertiary/aromatic N) is 2. The Morgan fingerprint density at radius 1 is 1.20 bits per heavy atom. The molecule has 0 spiro atoms. The molecular formula is C17H12Cl2F3N2O.